The van der Waals surface area contributed by atoms with Crippen LogP contribution in [-0.4, -0.2) is 45.3 Å². The van der Waals surface area contributed by atoms with Crippen LogP contribution in [0, 0.1) is 13.8 Å². The second kappa shape index (κ2) is 7.04. The monoisotopic (exact) mass is 342 g/mol. The maximum atomic E-state index is 13.1. The number of ether oxygens (including phenoxy) is 1. The van der Waals surface area contributed by atoms with Crippen molar-refractivity contribution in [2.24, 2.45) is 0 Å². The number of aromatic amines is 1. The zero-order chi connectivity index (χ0) is 18.0. The molecule has 25 heavy (non-hydrogen) atoms. The van der Waals surface area contributed by atoms with E-state index >= 15 is 0 Å². The number of rotatable bonds is 4. The van der Waals surface area contributed by atoms with Crippen molar-refractivity contribution in [1.82, 2.24) is 20.3 Å². The summed E-state index contributed by atoms with van der Waals surface area (Å²) in [6.45, 7) is 6.58. The molecule has 7 nitrogen and oxygen atoms in total. The third-order valence-corrected chi connectivity index (χ3v) is 4.71. The molecule has 0 spiro atoms. The van der Waals surface area contributed by atoms with E-state index < -0.39 is 5.97 Å². The maximum Gasteiger partial charge on any atom is 0.360 e. The molecule has 7 heteroatoms. The van der Waals surface area contributed by atoms with Crippen molar-refractivity contribution in [2.75, 3.05) is 13.2 Å². The van der Waals surface area contributed by atoms with Crippen LogP contribution in [0.5, 0.6) is 0 Å². The highest BCUT2D eigenvalue weighted by Gasteiger charge is 2.36. The van der Waals surface area contributed by atoms with Gasteiger partial charge < -0.3 is 9.64 Å². The fraction of sp³-hybridized carbons (Fsp3) is 0.444. The van der Waals surface area contributed by atoms with E-state index in [0.29, 0.717) is 17.8 Å². The van der Waals surface area contributed by atoms with Crippen molar-refractivity contribution < 1.29 is 14.3 Å². The fourth-order valence-electron chi connectivity index (χ4n) is 3.25. The standard InChI is InChI=1S/C18H22N4O3/c1-4-25-18(24)16-15(19-21-20-16)14-9-6-10-22(14)17(23)13-8-5-7-11(2)12(13)3/h5,7-8,14H,4,6,9-10H2,1-3H3,(H,19,20,21). The number of carbonyl (C=O) groups excluding carboxylic acids is 2. The Morgan fingerprint density at radius 2 is 2.12 bits per heavy atom. The molecule has 1 aliphatic rings. The number of carbonyl (C=O) groups is 2. The lowest BCUT2D eigenvalue weighted by Gasteiger charge is -2.24. The Labute approximate surface area is 146 Å². The second-order valence-electron chi connectivity index (χ2n) is 6.18. The molecular formula is C18H22N4O3. The summed E-state index contributed by atoms with van der Waals surface area (Å²) in [5, 5.41) is 10.6. The highest BCUT2D eigenvalue weighted by atomic mass is 16.5. The number of aryl methyl sites for hydroxylation is 1. The molecule has 1 atom stereocenters. The summed E-state index contributed by atoms with van der Waals surface area (Å²) in [6.07, 6.45) is 1.60. The molecule has 0 saturated carbocycles. The molecule has 1 fully saturated rings. The topological polar surface area (TPSA) is 88.2 Å². The molecule has 0 bridgehead atoms. The molecule has 1 N–H and O–H groups in total. The van der Waals surface area contributed by atoms with Crippen LogP contribution in [0.15, 0.2) is 18.2 Å². The molecular weight excluding hydrogens is 320 g/mol. The van der Waals surface area contributed by atoms with Gasteiger partial charge in [0.15, 0.2) is 5.69 Å². The quantitative estimate of drug-likeness (QED) is 0.863. The Balaban J connectivity index is 1.91. The van der Waals surface area contributed by atoms with Crippen LogP contribution < -0.4 is 0 Å². The first-order valence-electron chi connectivity index (χ1n) is 8.49. The van der Waals surface area contributed by atoms with E-state index in [1.165, 1.54) is 0 Å². The Bertz CT molecular complexity index is 799. The van der Waals surface area contributed by atoms with Gasteiger partial charge in [0.25, 0.3) is 5.91 Å². The SMILES string of the molecule is CCOC(=O)c1n[nH]nc1C1CCCN1C(=O)c1cccc(C)c1C. The van der Waals surface area contributed by atoms with E-state index in [0.717, 1.165) is 24.0 Å². The predicted octanol–water partition coefficient (Wildman–Crippen LogP) is 2.58. The summed E-state index contributed by atoms with van der Waals surface area (Å²) in [5.74, 6) is -0.557. The summed E-state index contributed by atoms with van der Waals surface area (Å²) in [7, 11) is 0. The minimum atomic E-state index is -0.516. The number of hydrogen-bond donors (Lipinski definition) is 1. The molecule has 132 valence electrons. The van der Waals surface area contributed by atoms with E-state index in [1.807, 2.05) is 32.0 Å². The van der Waals surface area contributed by atoms with Crippen LogP contribution in [0.2, 0.25) is 0 Å². The van der Waals surface area contributed by atoms with Crippen molar-refractivity contribution in [1.29, 1.82) is 0 Å². The number of esters is 1. The van der Waals surface area contributed by atoms with Crippen LogP contribution in [0.1, 0.15) is 63.5 Å². The first-order valence-corrected chi connectivity index (χ1v) is 8.49. The largest absolute Gasteiger partial charge is 0.461 e. The van der Waals surface area contributed by atoms with Crippen LogP contribution in [-0.2, 0) is 4.74 Å². The Morgan fingerprint density at radius 1 is 1.32 bits per heavy atom. The van der Waals surface area contributed by atoms with E-state index in [4.69, 9.17) is 4.74 Å². The molecule has 1 aromatic carbocycles. The van der Waals surface area contributed by atoms with Gasteiger partial charge in [-0.2, -0.15) is 10.3 Å². The van der Waals surface area contributed by atoms with Crippen molar-refractivity contribution in [2.45, 2.75) is 39.7 Å². The van der Waals surface area contributed by atoms with Gasteiger partial charge in [-0.1, -0.05) is 12.1 Å². The van der Waals surface area contributed by atoms with Gasteiger partial charge in [0.1, 0.15) is 5.69 Å². The molecule has 3 rings (SSSR count). The van der Waals surface area contributed by atoms with Crippen LogP contribution >= 0.6 is 0 Å². The molecule has 1 unspecified atom stereocenters. The molecule has 1 saturated heterocycles. The summed E-state index contributed by atoms with van der Waals surface area (Å²) in [6, 6.07) is 5.45. The van der Waals surface area contributed by atoms with Gasteiger partial charge in [0.2, 0.25) is 0 Å². The zero-order valence-electron chi connectivity index (χ0n) is 14.7. The van der Waals surface area contributed by atoms with Gasteiger partial charge >= 0.3 is 5.97 Å². The highest BCUT2D eigenvalue weighted by Crippen LogP contribution is 2.34. The van der Waals surface area contributed by atoms with Gasteiger partial charge in [-0.05, 0) is 50.8 Å². The van der Waals surface area contributed by atoms with Gasteiger partial charge in [-0.3, -0.25) is 4.79 Å². The number of nitrogens with zero attached hydrogens (tertiary/aromatic N) is 3. The fourth-order valence-corrected chi connectivity index (χ4v) is 3.25. The first-order chi connectivity index (χ1) is 12.0. The molecule has 2 heterocycles. The third kappa shape index (κ3) is 3.14. The predicted molar refractivity (Wildman–Crippen MR) is 91.3 cm³/mol. The molecule has 0 radical (unpaired) electrons. The number of likely N-dealkylation sites (tertiary alicyclic amines) is 1. The Hall–Kier alpha value is -2.70. The Morgan fingerprint density at radius 3 is 2.88 bits per heavy atom. The number of aromatic nitrogens is 3. The van der Waals surface area contributed by atoms with Crippen molar-refractivity contribution in [3.63, 3.8) is 0 Å². The summed E-state index contributed by atoms with van der Waals surface area (Å²) >= 11 is 0. The van der Waals surface area contributed by atoms with E-state index in [-0.39, 0.29) is 24.2 Å². The molecule has 1 aromatic heterocycles. The minimum Gasteiger partial charge on any atom is -0.461 e. The van der Waals surface area contributed by atoms with Gasteiger partial charge in [0.05, 0.1) is 12.6 Å². The van der Waals surface area contributed by atoms with Crippen LogP contribution in [0.3, 0.4) is 0 Å². The summed E-state index contributed by atoms with van der Waals surface area (Å²) in [5.41, 5.74) is 3.38. The molecule has 1 aliphatic heterocycles. The molecule has 0 aliphatic carbocycles. The minimum absolute atomic E-state index is 0.0403. The van der Waals surface area contributed by atoms with Crippen LogP contribution in [0.25, 0.3) is 0 Å². The smallest absolute Gasteiger partial charge is 0.360 e. The van der Waals surface area contributed by atoms with Gasteiger partial charge in [-0.15, -0.1) is 5.10 Å². The van der Waals surface area contributed by atoms with Gasteiger partial charge in [0, 0.05) is 12.1 Å². The summed E-state index contributed by atoms with van der Waals surface area (Å²) < 4.78 is 5.04. The van der Waals surface area contributed by atoms with Crippen LogP contribution in [0.4, 0.5) is 0 Å². The van der Waals surface area contributed by atoms with E-state index in [2.05, 4.69) is 15.4 Å². The van der Waals surface area contributed by atoms with E-state index in [1.54, 1.807) is 11.8 Å². The number of amides is 1. The second-order valence-corrected chi connectivity index (χ2v) is 6.18. The zero-order valence-corrected chi connectivity index (χ0v) is 14.7. The normalized spacial score (nSPS) is 16.9. The van der Waals surface area contributed by atoms with Gasteiger partial charge in [-0.25, -0.2) is 4.79 Å². The van der Waals surface area contributed by atoms with Crippen molar-refractivity contribution in [3.05, 3.63) is 46.3 Å². The Kier molecular flexibility index (Phi) is 4.83. The lowest BCUT2D eigenvalue weighted by molar-refractivity contribution is 0.0512. The maximum absolute atomic E-state index is 13.1. The van der Waals surface area contributed by atoms with Crippen molar-refractivity contribution in [3.8, 4) is 0 Å². The molecule has 1 amide bonds. The number of H-pyrrole nitrogens is 1. The third-order valence-electron chi connectivity index (χ3n) is 4.71. The summed E-state index contributed by atoms with van der Waals surface area (Å²) in [4.78, 5) is 26.9. The number of hydrogen-bond acceptors (Lipinski definition) is 5. The van der Waals surface area contributed by atoms with E-state index in [9.17, 15) is 9.59 Å². The average Bonchev–Trinajstić information content (AvgIpc) is 3.25. The number of benzene rings is 1. The van der Waals surface area contributed by atoms with Crippen molar-refractivity contribution >= 4 is 11.9 Å². The lowest BCUT2D eigenvalue weighted by atomic mass is 10.0. The number of nitrogens with one attached hydrogen (secondary N) is 1. The first kappa shape index (κ1) is 17.1. The lowest BCUT2D eigenvalue weighted by Crippen LogP contribution is -2.32. The molecule has 2 aromatic rings. The average molecular weight is 342 g/mol. The highest BCUT2D eigenvalue weighted by molar-refractivity contribution is 5.96.